The first-order valence-electron chi connectivity index (χ1n) is 9.25. The summed E-state index contributed by atoms with van der Waals surface area (Å²) in [5.41, 5.74) is -1.18. The van der Waals surface area contributed by atoms with Crippen LogP contribution in [0.2, 0.25) is 0 Å². The highest BCUT2D eigenvalue weighted by Crippen LogP contribution is 2.39. The van der Waals surface area contributed by atoms with Crippen molar-refractivity contribution in [1.82, 2.24) is 4.98 Å². The second-order valence-corrected chi connectivity index (χ2v) is 8.00. The maximum atomic E-state index is 13.2. The molecule has 28 heavy (non-hydrogen) atoms. The lowest BCUT2D eigenvalue weighted by atomic mass is 9.73. The molecule has 2 aromatic rings. The molecule has 6 nitrogen and oxygen atoms in total. The number of carbonyl (C=O) groups excluding carboxylic acids is 1. The quantitative estimate of drug-likeness (QED) is 0.328. The minimum Gasteiger partial charge on any atom is -0.480 e. The van der Waals surface area contributed by atoms with Gasteiger partial charge >= 0.3 is 11.9 Å². The van der Waals surface area contributed by atoms with Crippen LogP contribution in [0.5, 0.6) is 0 Å². The van der Waals surface area contributed by atoms with Crippen LogP contribution < -0.4 is 0 Å². The zero-order valence-electron chi connectivity index (χ0n) is 16.2. The lowest BCUT2D eigenvalue weighted by Crippen LogP contribution is -2.46. The number of aromatic nitrogens is 1. The minimum atomic E-state index is -1.96. The van der Waals surface area contributed by atoms with Gasteiger partial charge in [-0.15, -0.1) is 0 Å². The summed E-state index contributed by atoms with van der Waals surface area (Å²) < 4.78 is 6.36. The molecular weight excluding hydrogens is 471 g/mol. The monoisotopic (exact) mass is 494 g/mol. The standard InChI is InChI=1S/C21H23IN2O4/c1-4-6-9-21(19(25)26,20(27)28-13(3)5-2)18-14(11-23)12-24-17-8-7-15(22)10-16(17)18/h7-8,10,12-13H,4-6,9H2,1-3H3,(H,25,26). The molecule has 0 aliphatic rings. The van der Waals surface area contributed by atoms with Crippen LogP contribution in [0.15, 0.2) is 24.4 Å². The number of hydrogen-bond acceptors (Lipinski definition) is 5. The van der Waals surface area contributed by atoms with E-state index in [-0.39, 0.29) is 17.5 Å². The fourth-order valence-electron chi connectivity index (χ4n) is 3.15. The summed E-state index contributed by atoms with van der Waals surface area (Å²) in [6, 6.07) is 7.40. The summed E-state index contributed by atoms with van der Waals surface area (Å²) in [6.07, 6.45) is 2.73. The van der Waals surface area contributed by atoms with Crippen molar-refractivity contribution in [2.45, 2.75) is 58.0 Å². The Morgan fingerprint density at radius 3 is 2.68 bits per heavy atom. The molecule has 0 radical (unpaired) electrons. The fourth-order valence-corrected chi connectivity index (χ4v) is 3.64. The minimum absolute atomic E-state index is 0.0490. The van der Waals surface area contributed by atoms with E-state index in [9.17, 15) is 20.0 Å². The molecule has 148 valence electrons. The Morgan fingerprint density at radius 2 is 2.11 bits per heavy atom. The Hall–Kier alpha value is -2.21. The van der Waals surface area contributed by atoms with Gasteiger partial charge in [0.25, 0.3) is 0 Å². The summed E-state index contributed by atoms with van der Waals surface area (Å²) in [5.74, 6) is -2.14. The van der Waals surface area contributed by atoms with E-state index in [0.717, 1.165) is 3.57 Å². The van der Waals surface area contributed by atoms with Gasteiger partial charge in [-0.1, -0.05) is 26.7 Å². The van der Waals surface area contributed by atoms with E-state index in [2.05, 4.69) is 27.6 Å². The van der Waals surface area contributed by atoms with Crippen LogP contribution in [0.25, 0.3) is 10.9 Å². The number of pyridine rings is 1. The van der Waals surface area contributed by atoms with E-state index in [1.54, 1.807) is 19.1 Å². The summed E-state index contributed by atoms with van der Waals surface area (Å²) in [7, 11) is 0. The Bertz CT molecular complexity index is 938. The number of carboxylic acids is 1. The number of carboxylic acid groups (broad SMARTS) is 1. The van der Waals surface area contributed by atoms with Gasteiger partial charge in [-0.05, 0) is 60.6 Å². The molecule has 2 unspecified atom stereocenters. The fraction of sp³-hybridized carbons (Fsp3) is 0.429. The van der Waals surface area contributed by atoms with E-state index in [1.807, 2.05) is 26.0 Å². The second kappa shape index (κ2) is 9.32. The number of carbonyl (C=O) groups is 2. The van der Waals surface area contributed by atoms with Crippen LogP contribution in [0.1, 0.15) is 57.6 Å². The molecule has 0 aliphatic heterocycles. The summed E-state index contributed by atoms with van der Waals surface area (Å²) in [5, 5.41) is 20.5. The van der Waals surface area contributed by atoms with Gasteiger partial charge in [0.2, 0.25) is 0 Å². The molecule has 0 bridgehead atoms. The molecule has 1 heterocycles. The predicted molar refractivity (Wildman–Crippen MR) is 114 cm³/mol. The zero-order valence-corrected chi connectivity index (χ0v) is 18.3. The van der Waals surface area contributed by atoms with Crippen LogP contribution in [0.4, 0.5) is 0 Å². The third-order valence-corrected chi connectivity index (χ3v) is 5.55. The van der Waals surface area contributed by atoms with Gasteiger partial charge in [0, 0.05) is 20.7 Å². The normalized spacial score (nSPS) is 14.1. The molecule has 0 saturated heterocycles. The van der Waals surface area contributed by atoms with Gasteiger partial charge < -0.3 is 9.84 Å². The van der Waals surface area contributed by atoms with Gasteiger partial charge in [-0.25, -0.2) is 0 Å². The number of halogens is 1. The number of hydrogen-bond donors (Lipinski definition) is 1. The number of nitriles is 1. The number of nitrogens with zero attached hydrogens (tertiary/aromatic N) is 2. The lowest BCUT2D eigenvalue weighted by Gasteiger charge is -2.30. The first kappa shape index (κ1) is 22.1. The van der Waals surface area contributed by atoms with Crippen molar-refractivity contribution in [3.05, 3.63) is 39.1 Å². The molecule has 0 fully saturated rings. The maximum absolute atomic E-state index is 13.2. The molecule has 1 aromatic heterocycles. The number of benzene rings is 1. The largest absolute Gasteiger partial charge is 0.480 e. The van der Waals surface area contributed by atoms with E-state index in [4.69, 9.17) is 4.74 Å². The molecule has 2 atom stereocenters. The molecule has 0 saturated carbocycles. The molecule has 1 N–H and O–H groups in total. The smallest absolute Gasteiger partial charge is 0.328 e. The average molecular weight is 494 g/mol. The van der Waals surface area contributed by atoms with Crippen molar-refractivity contribution in [2.75, 3.05) is 0 Å². The van der Waals surface area contributed by atoms with Crippen LogP contribution in [0, 0.1) is 14.9 Å². The third kappa shape index (κ3) is 4.12. The van der Waals surface area contributed by atoms with Crippen molar-refractivity contribution in [3.8, 4) is 6.07 Å². The van der Waals surface area contributed by atoms with Gasteiger partial charge in [0.1, 0.15) is 6.07 Å². The number of esters is 1. The van der Waals surface area contributed by atoms with Gasteiger partial charge in [-0.2, -0.15) is 5.26 Å². The molecule has 0 amide bonds. The first-order chi connectivity index (χ1) is 13.3. The molecule has 0 spiro atoms. The van der Waals surface area contributed by atoms with E-state index in [0.29, 0.717) is 30.2 Å². The van der Waals surface area contributed by atoms with Crippen LogP contribution in [-0.2, 0) is 19.7 Å². The van der Waals surface area contributed by atoms with Crippen molar-refractivity contribution < 1.29 is 19.4 Å². The highest BCUT2D eigenvalue weighted by molar-refractivity contribution is 14.1. The van der Waals surface area contributed by atoms with E-state index < -0.39 is 23.5 Å². The first-order valence-corrected chi connectivity index (χ1v) is 10.3. The Labute approximate surface area is 178 Å². The van der Waals surface area contributed by atoms with Crippen LogP contribution >= 0.6 is 22.6 Å². The Morgan fingerprint density at radius 1 is 1.39 bits per heavy atom. The number of ether oxygens (including phenoxy) is 1. The predicted octanol–water partition coefficient (Wildman–Crippen LogP) is 4.57. The Kier molecular flexibility index (Phi) is 7.35. The zero-order chi connectivity index (χ0) is 20.9. The average Bonchev–Trinajstić information content (AvgIpc) is 2.67. The molecular formula is C21H23IN2O4. The molecule has 7 heteroatoms. The maximum Gasteiger partial charge on any atom is 0.328 e. The second-order valence-electron chi connectivity index (χ2n) is 6.76. The SMILES string of the molecule is CCCCC(C(=O)O)(C(=O)OC(C)CC)c1c(C#N)cnc2ccc(I)cc12. The highest BCUT2D eigenvalue weighted by Gasteiger charge is 2.51. The van der Waals surface area contributed by atoms with Crippen molar-refractivity contribution in [2.24, 2.45) is 0 Å². The topological polar surface area (TPSA) is 100 Å². The van der Waals surface area contributed by atoms with Gasteiger partial charge in [-0.3, -0.25) is 14.6 Å². The van der Waals surface area contributed by atoms with Crippen LogP contribution in [-0.4, -0.2) is 28.1 Å². The molecule has 1 aromatic carbocycles. The van der Waals surface area contributed by atoms with Gasteiger partial charge in [0.05, 0.1) is 17.2 Å². The van der Waals surface area contributed by atoms with E-state index >= 15 is 0 Å². The highest BCUT2D eigenvalue weighted by atomic mass is 127. The number of rotatable bonds is 8. The Balaban J connectivity index is 2.90. The number of fused-ring (bicyclic) bond motifs is 1. The van der Waals surface area contributed by atoms with E-state index in [1.165, 1.54) is 6.20 Å². The summed E-state index contributed by atoms with van der Waals surface area (Å²) in [6.45, 7) is 5.51. The number of unbranched alkanes of at least 4 members (excludes halogenated alkanes) is 1. The van der Waals surface area contributed by atoms with Crippen molar-refractivity contribution in [3.63, 3.8) is 0 Å². The summed E-state index contributed by atoms with van der Waals surface area (Å²) >= 11 is 2.11. The summed E-state index contributed by atoms with van der Waals surface area (Å²) in [4.78, 5) is 30.1. The molecule has 2 rings (SSSR count). The van der Waals surface area contributed by atoms with Crippen molar-refractivity contribution >= 4 is 45.4 Å². The molecule has 0 aliphatic carbocycles. The van der Waals surface area contributed by atoms with Gasteiger partial charge in [0.15, 0.2) is 5.41 Å². The van der Waals surface area contributed by atoms with Crippen LogP contribution in [0.3, 0.4) is 0 Å². The third-order valence-electron chi connectivity index (χ3n) is 4.88. The number of aliphatic carboxylic acids is 1. The lowest BCUT2D eigenvalue weighted by molar-refractivity contribution is -0.165. The van der Waals surface area contributed by atoms with Crippen molar-refractivity contribution in [1.29, 1.82) is 5.26 Å².